The molecule has 0 fully saturated rings. The van der Waals surface area contributed by atoms with Crippen LogP contribution in [0.2, 0.25) is 0 Å². The van der Waals surface area contributed by atoms with Gasteiger partial charge in [0.15, 0.2) is 0 Å². The minimum atomic E-state index is 0.450. The molecule has 0 bridgehead atoms. The Morgan fingerprint density at radius 2 is 1.56 bits per heavy atom. The largest absolute Gasteiger partial charge is 0.308 e. The number of nitrogens with one attached hydrogen (secondary N) is 1. The van der Waals surface area contributed by atoms with Crippen molar-refractivity contribution in [1.29, 1.82) is 0 Å². The van der Waals surface area contributed by atoms with Gasteiger partial charge in [0.2, 0.25) is 0 Å². The van der Waals surface area contributed by atoms with E-state index in [0.29, 0.717) is 6.04 Å². The standard InChI is InChI=1S/C13H31N3/c1-4-5-6-7-8-9-10-11-13(15-14)12-16(2)3/h13,15H,4-12,14H2,1-3H3. The van der Waals surface area contributed by atoms with Crippen LogP contribution in [0.15, 0.2) is 0 Å². The van der Waals surface area contributed by atoms with E-state index < -0.39 is 0 Å². The third-order valence-electron chi connectivity index (χ3n) is 2.98. The van der Waals surface area contributed by atoms with E-state index in [2.05, 4.69) is 31.3 Å². The van der Waals surface area contributed by atoms with Gasteiger partial charge in [-0.15, -0.1) is 0 Å². The maximum absolute atomic E-state index is 5.52. The summed E-state index contributed by atoms with van der Waals surface area (Å²) < 4.78 is 0. The van der Waals surface area contributed by atoms with E-state index in [9.17, 15) is 0 Å². The number of nitrogens with two attached hydrogens (primary N) is 1. The fourth-order valence-electron chi connectivity index (χ4n) is 2.02. The van der Waals surface area contributed by atoms with E-state index in [-0.39, 0.29) is 0 Å². The first-order valence-corrected chi connectivity index (χ1v) is 6.81. The average Bonchev–Trinajstić information content (AvgIpc) is 2.25. The Kier molecular flexibility index (Phi) is 11.3. The first kappa shape index (κ1) is 15.9. The lowest BCUT2D eigenvalue weighted by molar-refractivity contribution is 0.322. The van der Waals surface area contributed by atoms with Gasteiger partial charge in [-0.05, 0) is 20.5 Å². The highest BCUT2D eigenvalue weighted by atomic mass is 15.3. The van der Waals surface area contributed by atoms with Crippen LogP contribution in [0.5, 0.6) is 0 Å². The second kappa shape index (κ2) is 11.4. The summed E-state index contributed by atoms with van der Waals surface area (Å²) in [4.78, 5) is 2.19. The van der Waals surface area contributed by atoms with E-state index in [1.807, 2.05) is 0 Å². The molecule has 3 N–H and O–H groups in total. The summed E-state index contributed by atoms with van der Waals surface area (Å²) in [6.45, 7) is 3.30. The second-order valence-electron chi connectivity index (χ2n) is 5.04. The van der Waals surface area contributed by atoms with Crippen molar-refractivity contribution < 1.29 is 0 Å². The number of nitrogens with zero attached hydrogens (tertiary/aromatic N) is 1. The van der Waals surface area contributed by atoms with Gasteiger partial charge in [0, 0.05) is 12.6 Å². The molecule has 1 unspecified atom stereocenters. The van der Waals surface area contributed by atoms with Crippen molar-refractivity contribution in [2.45, 2.75) is 64.3 Å². The molecule has 16 heavy (non-hydrogen) atoms. The fraction of sp³-hybridized carbons (Fsp3) is 1.00. The number of hydrogen-bond acceptors (Lipinski definition) is 3. The van der Waals surface area contributed by atoms with Crippen molar-refractivity contribution in [2.24, 2.45) is 5.84 Å². The van der Waals surface area contributed by atoms with Gasteiger partial charge in [0.1, 0.15) is 0 Å². The normalized spacial score (nSPS) is 13.3. The molecule has 0 spiro atoms. The SMILES string of the molecule is CCCCCCCCCC(CN(C)C)NN. The van der Waals surface area contributed by atoms with Crippen LogP contribution in [0.3, 0.4) is 0 Å². The van der Waals surface area contributed by atoms with Gasteiger partial charge in [-0.3, -0.25) is 11.3 Å². The summed E-state index contributed by atoms with van der Waals surface area (Å²) in [5, 5.41) is 0. The maximum Gasteiger partial charge on any atom is 0.0337 e. The highest BCUT2D eigenvalue weighted by molar-refractivity contribution is 4.66. The summed E-state index contributed by atoms with van der Waals surface area (Å²) in [7, 11) is 4.18. The Morgan fingerprint density at radius 1 is 1.00 bits per heavy atom. The molecular weight excluding hydrogens is 198 g/mol. The van der Waals surface area contributed by atoms with Crippen LogP contribution in [0.1, 0.15) is 58.3 Å². The lowest BCUT2D eigenvalue weighted by Crippen LogP contribution is -2.42. The average molecular weight is 229 g/mol. The van der Waals surface area contributed by atoms with Gasteiger partial charge in [-0.2, -0.15) is 0 Å². The highest BCUT2D eigenvalue weighted by Gasteiger charge is 2.06. The Labute approximate surface area is 102 Å². The molecule has 0 radical (unpaired) electrons. The van der Waals surface area contributed by atoms with Crippen LogP contribution in [-0.4, -0.2) is 31.6 Å². The molecular formula is C13H31N3. The summed E-state index contributed by atoms with van der Waals surface area (Å²) in [6, 6.07) is 0.450. The predicted octanol–water partition coefficient (Wildman–Crippen LogP) is 2.52. The predicted molar refractivity (Wildman–Crippen MR) is 72.3 cm³/mol. The van der Waals surface area contributed by atoms with Crippen molar-refractivity contribution in [3.05, 3.63) is 0 Å². The Balaban J connectivity index is 3.27. The zero-order valence-electron chi connectivity index (χ0n) is 11.5. The van der Waals surface area contributed by atoms with E-state index in [4.69, 9.17) is 5.84 Å². The maximum atomic E-state index is 5.52. The zero-order chi connectivity index (χ0) is 12.2. The molecule has 0 saturated heterocycles. The monoisotopic (exact) mass is 229 g/mol. The van der Waals surface area contributed by atoms with Crippen LogP contribution in [0.4, 0.5) is 0 Å². The van der Waals surface area contributed by atoms with E-state index in [0.717, 1.165) is 6.54 Å². The summed E-state index contributed by atoms with van der Waals surface area (Å²) in [6.07, 6.45) is 10.8. The summed E-state index contributed by atoms with van der Waals surface area (Å²) in [5.41, 5.74) is 2.90. The van der Waals surface area contributed by atoms with Gasteiger partial charge >= 0.3 is 0 Å². The Hall–Kier alpha value is -0.120. The molecule has 3 nitrogen and oxygen atoms in total. The molecule has 0 aromatic heterocycles. The molecule has 0 aliphatic rings. The number of unbranched alkanes of at least 4 members (excludes halogenated alkanes) is 6. The molecule has 0 saturated carbocycles. The summed E-state index contributed by atoms with van der Waals surface area (Å²) >= 11 is 0. The fourth-order valence-corrected chi connectivity index (χ4v) is 2.02. The Bertz CT molecular complexity index is 137. The van der Waals surface area contributed by atoms with Gasteiger partial charge in [-0.1, -0.05) is 51.9 Å². The van der Waals surface area contributed by atoms with Crippen LogP contribution < -0.4 is 11.3 Å². The molecule has 3 heteroatoms. The van der Waals surface area contributed by atoms with Crippen molar-refractivity contribution in [2.75, 3.05) is 20.6 Å². The van der Waals surface area contributed by atoms with Gasteiger partial charge in [-0.25, -0.2) is 0 Å². The van der Waals surface area contributed by atoms with Crippen molar-refractivity contribution in [3.63, 3.8) is 0 Å². The number of hydrazine groups is 1. The molecule has 0 aromatic carbocycles. The lowest BCUT2D eigenvalue weighted by atomic mass is 10.1. The molecule has 98 valence electrons. The Morgan fingerprint density at radius 3 is 2.06 bits per heavy atom. The topological polar surface area (TPSA) is 41.3 Å². The van der Waals surface area contributed by atoms with Gasteiger partial charge < -0.3 is 4.90 Å². The van der Waals surface area contributed by atoms with Crippen molar-refractivity contribution in [1.82, 2.24) is 10.3 Å². The van der Waals surface area contributed by atoms with Crippen LogP contribution in [0, 0.1) is 0 Å². The summed E-state index contributed by atoms with van der Waals surface area (Å²) in [5.74, 6) is 5.52. The lowest BCUT2D eigenvalue weighted by Gasteiger charge is -2.19. The minimum absolute atomic E-state index is 0.450. The van der Waals surface area contributed by atoms with E-state index in [1.54, 1.807) is 0 Å². The van der Waals surface area contributed by atoms with E-state index >= 15 is 0 Å². The van der Waals surface area contributed by atoms with Gasteiger partial charge in [0.25, 0.3) is 0 Å². The number of hydrogen-bond donors (Lipinski definition) is 2. The highest BCUT2D eigenvalue weighted by Crippen LogP contribution is 2.09. The van der Waals surface area contributed by atoms with Crippen LogP contribution in [0.25, 0.3) is 0 Å². The van der Waals surface area contributed by atoms with E-state index in [1.165, 1.54) is 51.4 Å². The molecule has 0 amide bonds. The van der Waals surface area contributed by atoms with Crippen LogP contribution in [-0.2, 0) is 0 Å². The van der Waals surface area contributed by atoms with Gasteiger partial charge in [0.05, 0.1) is 0 Å². The molecule has 0 aliphatic carbocycles. The first-order valence-electron chi connectivity index (χ1n) is 6.81. The minimum Gasteiger partial charge on any atom is -0.308 e. The molecule has 0 aromatic rings. The van der Waals surface area contributed by atoms with Crippen LogP contribution >= 0.6 is 0 Å². The second-order valence-corrected chi connectivity index (χ2v) is 5.04. The molecule has 0 aliphatic heterocycles. The third-order valence-corrected chi connectivity index (χ3v) is 2.98. The smallest absolute Gasteiger partial charge is 0.0337 e. The zero-order valence-corrected chi connectivity index (χ0v) is 11.5. The number of likely N-dealkylation sites (N-methyl/N-ethyl adjacent to an activating group) is 1. The first-order chi connectivity index (χ1) is 7.70. The molecule has 0 heterocycles. The molecule has 0 rings (SSSR count). The quantitative estimate of drug-likeness (QED) is 0.325. The van der Waals surface area contributed by atoms with Crippen molar-refractivity contribution >= 4 is 0 Å². The number of rotatable bonds is 11. The molecule has 1 atom stereocenters. The van der Waals surface area contributed by atoms with Crippen molar-refractivity contribution in [3.8, 4) is 0 Å². The third kappa shape index (κ3) is 10.4.